The lowest BCUT2D eigenvalue weighted by atomic mass is 9.47. The van der Waals surface area contributed by atoms with Gasteiger partial charge >= 0.3 is 0 Å². The lowest BCUT2D eigenvalue weighted by molar-refractivity contribution is -0.0573. The minimum Gasteiger partial charge on any atom is -0.393 e. The van der Waals surface area contributed by atoms with Gasteiger partial charge in [-0.05, 0) is 97.7 Å². The van der Waals surface area contributed by atoms with Crippen molar-refractivity contribution in [2.75, 3.05) is 0 Å². The number of rotatable bonds is 5. The van der Waals surface area contributed by atoms with E-state index in [9.17, 15) is 5.11 Å². The molecule has 0 radical (unpaired) electrons. The second-order valence-corrected chi connectivity index (χ2v) is 12.2. The average molecular weight is 387 g/mol. The van der Waals surface area contributed by atoms with E-state index >= 15 is 0 Å². The van der Waals surface area contributed by atoms with Gasteiger partial charge in [-0.1, -0.05) is 65.5 Å². The number of fused-ring (bicyclic) bond motifs is 5. The molecule has 28 heavy (non-hydrogen) atoms. The van der Waals surface area contributed by atoms with E-state index in [0.29, 0.717) is 10.8 Å². The van der Waals surface area contributed by atoms with Gasteiger partial charge in [-0.2, -0.15) is 0 Å². The van der Waals surface area contributed by atoms with E-state index in [4.69, 9.17) is 0 Å². The molecular formula is C27H46O. The van der Waals surface area contributed by atoms with E-state index in [1.807, 2.05) is 0 Å². The Hall–Kier alpha value is -0.300. The maximum absolute atomic E-state index is 10.2. The van der Waals surface area contributed by atoms with Crippen molar-refractivity contribution < 1.29 is 5.11 Å². The first kappa shape index (κ1) is 21.0. The first-order valence-corrected chi connectivity index (χ1v) is 12.6. The summed E-state index contributed by atoms with van der Waals surface area (Å²) < 4.78 is 0. The summed E-state index contributed by atoms with van der Waals surface area (Å²) in [5, 5.41) is 10.2. The minimum absolute atomic E-state index is 0.0766. The fourth-order valence-corrected chi connectivity index (χ4v) is 8.67. The first-order valence-electron chi connectivity index (χ1n) is 12.6. The highest BCUT2D eigenvalue weighted by atomic mass is 16.3. The number of aliphatic hydroxyl groups is 1. The Morgan fingerprint density at radius 2 is 1.79 bits per heavy atom. The molecule has 0 amide bonds. The molecule has 0 spiro atoms. The van der Waals surface area contributed by atoms with Crippen molar-refractivity contribution in [2.24, 2.45) is 46.3 Å². The smallest absolute Gasteiger partial charge is 0.0577 e. The van der Waals surface area contributed by atoms with E-state index < -0.39 is 0 Å². The van der Waals surface area contributed by atoms with Gasteiger partial charge in [0.1, 0.15) is 0 Å². The van der Waals surface area contributed by atoms with Crippen LogP contribution >= 0.6 is 0 Å². The summed E-state index contributed by atoms with van der Waals surface area (Å²) in [6, 6.07) is 0. The summed E-state index contributed by atoms with van der Waals surface area (Å²) in [6.07, 6.45) is 17.2. The Morgan fingerprint density at radius 3 is 2.54 bits per heavy atom. The maximum atomic E-state index is 10.2. The van der Waals surface area contributed by atoms with E-state index in [-0.39, 0.29) is 6.10 Å². The summed E-state index contributed by atoms with van der Waals surface area (Å²) in [5.41, 5.74) is 2.60. The van der Waals surface area contributed by atoms with E-state index in [1.165, 1.54) is 57.8 Å². The summed E-state index contributed by atoms with van der Waals surface area (Å²) in [7, 11) is 0. The zero-order valence-electron chi connectivity index (χ0n) is 19.3. The molecule has 160 valence electrons. The van der Waals surface area contributed by atoms with Crippen LogP contribution in [0.4, 0.5) is 0 Å². The molecule has 0 aliphatic heterocycles. The predicted molar refractivity (Wildman–Crippen MR) is 119 cm³/mol. The minimum atomic E-state index is -0.0766. The highest BCUT2D eigenvalue weighted by Crippen LogP contribution is 2.67. The largest absolute Gasteiger partial charge is 0.393 e. The van der Waals surface area contributed by atoms with Crippen molar-refractivity contribution in [3.05, 3.63) is 11.6 Å². The van der Waals surface area contributed by atoms with Crippen LogP contribution < -0.4 is 0 Å². The van der Waals surface area contributed by atoms with Crippen LogP contribution in [0.3, 0.4) is 0 Å². The number of hydrogen-bond acceptors (Lipinski definition) is 1. The Morgan fingerprint density at radius 1 is 1.00 bits per heavy atom. The fourth-order valence-electron chi connectivity index (χ4n) is 8.67. The van der Waals surface area contributed by atoms with Gasteiger partial charge in [-0.3, -0.25) is 0 Å². The molecule has 3 saturated carbocycles. The van der Waals surface area contributed by atoms with E-state index in [2.05, 4.69) is 40.7 Å². The van der Waals surface area contributed by atoms with Gasteiger partial charge < -0.3 is 5.11 Å². The van der Waals surface area contributed by atoms with Crippen molar-refractivity contribution in [3.63, 3.8) is 0 Å². The topological polar surface area (TPSA) is 20.2 Å². The van der Waals surface area contributed by atoms with Crippen molar-refractivity contribution in [3.8, 4) is 0 Å². The van der Waals surface area contributed by atoms with Crippen LogP contribution in [-0.2, 0) is 0 Å². The van der Waals surface area contributed by atoms with Gasteiger partial charge in [-0.15, -0.1) is 0 Å². The summed E-state index contributed by atoms with van der Waals surface area (Å²) in [6.45, 7) is 12.6. The monoisotopic (exact) mass is 386 g/mol. The lowest BCUT2D eigenvalue weighted by Crippen LogP contribution is -2.50. The molecule has 0 heterocycles. The summed E-state index contributed by atoms with van der Waals surface area (Å²) >= 11 is 0. The van der Waals surface area contributed by atoms with Crippen LogP contribution in [0.2, 0.25) is 0 Å². The van der Waals surface area contributed by atoms with Gasteiger partial charge in [-0.25, -0.2) is 0 Å². The second-order valence-electron chi connectivity index (χ2n) is 12.2. The molecule has 0 bridgehead atoms. The number of hydrogen-bond donors (Lipinski definition) is 1. The van der Waals surface area contributed by atoms with E-state index in [1.54, 1.807) is 5.57 Å². The van der Waals surface area contributed by atoms with Crippen LogP contribution in [0.25, 0.3) is 0 Å². The van der Waals surface area contributed by atoms with Gasteiger partial charge in [0.25, 0.3) is 0 Å². The highest BCUT2D eigenvalue weighted by molar-refractivity contribution is 5.25. The maximum Gasteiger partial charge on any atom is 0.0577 e. The average Bonchev–Trinajstić information content (AvgIpc) is 2.99. The summed E-state index contributed by atoms with van der Waals surface area (Å²) in [5.74, 6) is 5.46. The first-order chi connectivity index (χ1) is 13.3. The molecule has 4 aliphatic rings. The molecule has 0 saturated heterocycles. The fraction of sp³-hybridized carbons (Fsp3) is 0.926. The molecular weight excluding hydrogens is 340 g/mol. The lowest BCUT2D eigenvalue weighted by Gasteiger charge is -2.58. The third-order valence-corrected chi connectivity index (χ3v) is 10.3. The molecule has 1 heteroatoms. The Kier molecular flexibility index (Phi) is 5.80. The normalized spacial score (nSPS) is 46.5. The SMILES string of the molecule is CC(C)CCCC(C)C1CCC2C3CC=C4CC(O)CC[C@@]4(C)C3CCC12C. The van der Waals surface area contributed by atoms with Gasteiger partial charge in [0, 0.05) is 0 Å². The molecule has 4 aliphatic carbocycles. The van der Waals surface area contributed by atoms with Gasteiger partial charge in [0.05, 0.1) is 6.10 Å². The number of aliphatic hydroxyl groups excluding tert-OH is 1. The van der Waals surface area contributed by atoms with Crippen molar-refractivity contribution in [1.82, 2.24) is 0 Å². The molecule has 0 aromatic rings. The van der Waals surface area contributed by atoms with Crippen LogP contribution in [0.15, 0.2) is 11.6 Å². The van der Waals surface area contributed by atoms with E-state index in [0.717, 1.165) is 48.3 Å². The molecule has 1 N–H and O–H groups in total. The Balaban J connectivity index is 1.49. The molecule has 0 aromatic carbocycles. The van der Waals surface area contributed by atoms with Crippen molar-refractivity contribution in [2.45, 2.75) is 111 Å². The third-order valence-electron chi connectivity index (χ3n) is 10.3. The summed E-state index contributed by atoms with van der Waals surface area (Å²) in [4.78, 5) is 0. The molecule has 7 unspecified atom stereocenters. The van der Waals surface area contributed by atoms with Crippen LogP contribution in [0.5, 0.6) is 0 Å². The molecule has 4 rings (SSSR count). The van der Waals surface area contributed by atoms with Gasteiger partial charge in [0.2, 0.25) is 0 Å². The molecule has 3 fully saturated rings. The van der Waals surface area contributed by atoms with Crippen LogP contribution in [-0.4, -0.2) is 11.2 Å². The zero-order chi connectivity index (χ0) is 20.1. The second kappa shape index (κ2) is 7.75. The van der Waals surface area contributed by atoms with Gasteiger partial charge in [0.15, 0.2) is 0 Å². The standard InChI is InChI=1S/C27H46O/c1-18(2)7-6-8-19(3)23-11-12-24-22-10-9-20-17-21(28)13-15-26(20,4)25(22)14-16-27(23,24)5/h9,18-19,21-25,28H,6-8,10-17H2,1-5H3/t19?,21?,22?,23?,24?,25?,26-,27?/m1/s1. The zero-order valence-corrected chi connectivity index (χ0v) is 19.3. The third kappa shape index (κ3) is 3.42. The highest BCUT2D eigenvalue weighted by Gasteiger charge is 2.59. The quantitative estimate of drug-likeness (QED) is 0.488. The number of allylic oxidation sites excluding steroid dienone is 1. The van der Waals surface area contributed by atoms with Crippen molar-refractivity contribution >= 4 is 0 Å². The molecule has 0 aromatic heterocycles. The van der Waals surface area contributed by atoms with Crippen LogP contribution in [0, 0.1) is 46.3 Å². The van der Waals surface area contributed by atoms with Crippen molar-refractivity contribution in [1.29, 1.82) is 0 Å². The Labute approximate surface area is 174 Å². The Bertz CT molecular complexity index is 591. The predicted octanol–water partition coefficient (Wildman–Crippen LogP) is 7.39. The molecule has 8 atom stereocenters. The van der Waals surface area contributed by atoms with Crippen LogP contribution in [0.1, 0.15) is 105 Å². The molecule has 1 nitrogen and oxygen atoms in total.